The van der Waals surface area contributed by atoms with E-state index in [0.717, 1.165) is 22.6 Å². The molecule has 3 rings (SSSR count). The number of halogens is 1. The third kappa shape index (κ3) is 4.30. The minimum Gasteiger partial charge on any atom is -0.329 e. The molecule has 2 heterocycles. The third-order valence-electron chi connectivity index (χ3n) is 4.53. The highest BCUT2D eigenvalue weighted by atomic mass is 35.5. The molecule has 0 saturated carbocycles. The van der Waals surface area contributed by atoms with E-state index in [1.165, 1.54) is 0 Å². The van der Waals surface area contributed by atoms with E-state index in [-0.39, 0.29) is 5.78 Å². The average Bonchev–Trinajstić information content (AvgIpc) is 3.04. The first-order chi connectivity index (χ1) is 13.0. The van der Waals surface area contributed by atoms with E-state index in [2.05, 4.69) is 4.98 Å². The molecule has 0 aliphatic rings. The fourth-order valence-electron chi connectivity index (χ4n) is 3.11. The molecule has 0 atom stereocenters. The van der Waals surface area contributed by atoms with E-state index in [4.69, 9.17) is 23.2 Å². The maximum absolute atomic E-state index is 12.9. The molecule has 0 aliphatic carbocycles. The number of pyridine rings is 1. The van der Waals surface area contributed by atoms with Crippen LogP contribution in [0.3, 0.4) is 0 Å². The number of hydrogen-bond acceptors (Lipinski definition) is 5. The van der Waals surface area contributed by atoms with Crippen molar-refractivity contribution in [3.05, 3.63) is 64.6 Å². The van der Waals surface area contributed by atoms with Gasteiger partial charge in [-0.3, -0.25) is 9.20 Å². The number of aryl methyl sites for hydroxylation is 2. The first kappa shape index (κ1) is 19.4. The molecule has 0 amide bonds. The molecular weight excluding hydrogens is 362 g/mol. The largest absolute Gasteiger partial charge is 0.329 e. The lowest BCUT2D eigenvalue weighted by molar-refractivity contribution is 0.0976. The van der Waals surface area contributed by atoms with Crippen LogP contribution in [-0.2, 0) is 12.8 Å². The van der Waals surface area contributed by atoms with E-state index < -0.39 is 0 Å². The molecule has 2 aromatic heterocycles. The molecule has 0 spiro atoms. The van der Waals surface area contributed by atoms with Gasteiger partial charge in [0.15, 0.2) is 5.78 Å². The Morgan fingerprint density at radius 1 is 1.22 bits per heavy atom. The summed E-state index contributed by atoms with van der Waals surface area (Å²) in [4.78, 5) is 17.4. The zero-order valence-corrected chi connectivity index (χ0v) is 16.1. The van der Waals surface area contributed by atoms with Gasteiger partial charge in [0.1, 0.15) is 11.3 Å². The predicted molar refractivity (Wildman–Crippen MR) is 109 cm³/mol. The van der Waals surface area contributed by atoms with Crippen molar-refractivity contribution in [1.82, 2.24) is 9.38 Å². The highest BCUT2D eigenvalue weighted by Crippen LogP contribution is 2.20. The van der Waals surface area contributed by atoms with Crippen LogP contribution < -0.4 is 16.6 Å². The Bertz CT molecular complexity index is 935. The molecule has 1 aromatic carbocycles. The number of carbonyl (C=O) groups excluding carboxylic acids is 1. The van der Waals surface area contributed by atoms with Crippen LogP contribution >= 0.6 is 11.6 Å². The molecule has 7 heteroatoms. The Morgan fingerprint density at radius 2 is 1.96 bits per heavy atom. The van der Waals surface area contributed by atoms with Crippen molar-refractivity contribution in [2.75, 3.05) is 18.1 Å². The monoisotopic (exact) mass is 385 g/mol. The van der Waals surface area contributed by atoms with Gasteiger partial charge >= 0.3 is 0 Å². The van der Waals surface area contributed by atoms with Crippen molar-refractivity contribution in [3.63, 3.8) is 0 Å². The molecule has 3 aromatic rings. The van der Waals surface area contributed by atoms with Gasteiger partial charge in [0.2, 0.25) is 0 Å². The number of aromatic nitrogens is 2. The van der Waals surface area contributed by atoms with Crippen LogP contribution in [0.5, 0.6) is 0 Å². The summed E-state index contributed by atoms with van der Waals surface area (Å²) in [6.07, 6.45) is 3.50. The predicted octanol–water partition coefficient (Wildman–Crippen LogP) is 3.00. The van der Waals surface area contributed by atoms with Gasteiger partial charge in [-0.25, -0.2) is 10.8 Å². The Kier molecular flexibility index (Phi) is 6.11. The second kappa shape index (κ2) is 8.52. The lowest BCUT2D eigenvalue weighted by atomic mass is 10.0. The minimum absolute atomic E-state index is 0.0641. The van der Waals surface area contributed by atoms with E-state index in [0.29, 0.717) is 43.1 Å². The molecule has 0 unspecified atom stereocenters. The summed E-state index contributed by atoms with van der Waals surface area (Å²) in [5.74, 6) is 5.98. The molecular formula is C20H24ClN5O. The SMILES string of the molecule is CCc1nc2ccc(Cl)cn2c1C(=O)CCc1ccc(N(N)CCN)cc1. The first-order valence-electron chi connectivity index (χ1n) is 9.04. The van der Waals surface area contributed by atoms with Crippen LogP contribution in [0.1, 0.15) is 35.1 Å². The molecule has 6 nitrogen and oxygen atoms in total. The van der Waals surface area contributed by atoms with Gasteiger partial charge in [-0.1, -0.05) is 30.7 Å². The van der Waals surface area contributed by atoms with Gasteiger partial charge in [-0.15, -0.1) is 0 Å². The zero-order valence-electron chi connectivity index (χ0n) is 15.4. The Hall–Kier alpha value is -2.41. The van der Waals surface area contributed by atoms with Gasteiger partial charge in [-0.2, -0.15) is 0 Å². The number of fused-ring (bicyclic) bond motifs is 1. The molecule has 0 aliphatic heterocycles. The van der Waals surface area contributed by atoms with Gasteiger partial charge in [-0.05, 0) is 42.7 Å². The summed E-state index contributed by atoms with van der Waals surface area (Å²) in [6, 6.07) is 11.5. The number of hydrazine groups is 1. The Morgan fingerprint density at radius 3 is 2.63 bits per heavy atom. The number of carbonyl (C=O) groups is 1. The molecule has 27 heavy (non-hydrogen) atoms. The molecule has 0 radical (unpaired) electrons. The van der Waals surface area contributed by atoms with Crippen molar-refractivity contribution >= 4 is 28.7 Å². The normalized spacial score (nSPS) is 11.1. The van der Waals surface area contributed by atoms with Crippen LogP contribution in [0.4, 0.5) is 5.69 Å². The second-order valence-corrected chi connectivity index (χ2v) is 6.84. The van der Waals surface area contributed by atoms with Gasteiger partial charge in [0.05, 0.1) is 16.4 Å². The molecule has 0 saturated heterocycles. The lowest BCUT2D eigenvalue weighted by Crippen LogP contribution is -2.35. The van der Waals surface area contributed by atoms with Gasteiger partial charge in [0, 0.05) is 25.7 Å². The first-order valence-corrected chi connectivity index (χ1v) is 9.42. The average molecular weight is 386 g/mol. The Labute approximate surface area is 163 Å². The number of imidazole rings is 1. The lowest BCUT2D eigenvalue weighted by Gasteiger charge is -2.17. The summed E-state index contributed by atoms with van der Waals surface area (Å²) in [6.45, 7) is 3.09. The smallest absolute Gasteiger partial charge is 0.181 e. The van der Waals surface area contributed by atoms with Crippen molar-refractivity contribution in [3.8, 4) is 0 Å². The third-order valence-corrected chi connectivity index (χ3v) is 4.76. The number of rotatable bonds is 8. The standard InChI is InChI=1S/C20H24ClN5O/c1-2-17-20(25-13-15(21)6-10-19(25)24-17)18(27)9-5-14-3-7-16(8-4-14)26(23)12-11-22/h3-4,6-8,10,13H,2,5,9,11-12,22-23H2,1H3. The van der Waals surface area contributed by atoms with Crippen LogP contribution in [0.15, 0.2) is 42.6 Å². The van der Waals surface area contributed by atoms with Crippen molar-refractivity contribution in [1.29, 1.82) is 0 Å². The highest BCUT2D eigenvalue weighted by molar-refractivity contribution is 6.30. The number of anilines is 1. The summed E-state index contributed by atoms with van der Waals surface area (Å²) >= 11 is 6.10. The summed E-state index contributed by atoms with van der Waals surface area (Å²) < 4.78 is 1.80. The van der Waals surface area contributed by atoms with Gasteiger partial charge in [0.25, 0.3) is 0 Å². The van der Waals surface area contributed by atoms with Crippen LogP contribution in [0, 0.1) is 0 Å². The molecule has 0 fully saturated rings. The quantitative estimate of drug-likeness (QED) is 0.353. The second-order valence-electron chi connectivity index (χ2n) is 6.41. The number of nitrogens with two attached hydrogens (primary N) is 2. The topological polar surface area (TPSA) is 89.7 Å². The fraction of sp³-hybridized carbons (Fsp3) is 0.300. The summed E-state index contributed by atoms with van der Waals surface area (Å²) in [5.41, 5.74) is 9.68. The van der Waals surface area contributed by atoms with Crippen molar-refractivity contribution < 1.29 is 4.79 Å². The van der Waals surface area contributed by atoms with Crippen LogP contribution in [-0.4, -0.2) is 28.3 Å². The van der Waals surface area contributed by atoms with E-state index >= 15 is 0 Å². The fourth-order valence-corrected chi connectivity index (χ4v) is 3.27. The Balaban J connectivity index is 1.74. The molecule has 0 bridgehead atoms. The number of benzene rings is 1. The maximum Gasteiger partial charge on any atom is 0.181 e. The van der Waals surface area contributed by atoms with Crippen molar-refractivity contribution in [2.45, 2.75) is 26.2 Å². The summed E-state index contributed by atoms with van der Waals surface area (Å²) in [7, 11) is 0. The number of hydrogen-bond donors (Lipinski definition) is 2. The van der Waals surface area contributed by atoms with Crippen molar-refractivity contribution in [2.24, 2.45) is 11.6 Å². The van der Waals surface area contributed by atoms with E-state index in [1.807, 2.05) is 37.3 Å². The number of ketones is 1. The van der Waals surface area contributed by atoms with E-state index in [9.17, 15) is 4.79 Å². The van der Waals surface area contributed by atoms with Crippen LogP contribution in [0.2, 0.25) is 5.02 Å². The zero-order chi connectivity index (χ0) is 19.4. The minimum atomic E-state index is 0.0641. The highest BCUT2D eigenvalue weighted by Gasteiger charge is 2.18. The van der Waals surface area contributed by atoms with E-state index in [1.54, 1.807) is 21.7 Å². The molecule has 4 N–H and O–H groups in total. The number of Topliss-reactive ketones (excluding diaryl/α,β-unsaturated/α-hetero) is 1. The summed E-state index contributed by atoms with van der Waals surface area (Å²) in [5, 5.41) is 2.20. The van der Waals surface area contributed by atoms with Gasteiger partial charge < -0.3 is 10.7 Å². The maximum atomic E-state index is 12.9. The molecule has 142 valence electrons. The number of nitrogens with zero attached hydrogens (tertiary/aromatic N) is 3. The van der Waals surface area contributed by atoms with Crippen LogP contribution in [0.25, 0.3) is 5.65 Å².